The topological polar surface area (TPSA) is 55.6 Å². The monoisotopic (exact) mass is 288 g/mol. The van der Waals surface area contributed by atoms with Crippen molar-refractivity contribution in [2.45, 2.75) is 39.3 Å². The molecule has 0 saturated carbocycles. The van der Waals surface area contributed by atoms with Gasteiger partial charge in [-0.15, -0.1) is 6.58 Å². The molecule has 4 nitrogen and oxygen atoms in total. The summed E-state index contributed by atoms with van der Waals surface area (Å²) in [7, 11) is 0. The number of amides is 1. The number of nitrogens with zero attached hydrogens (tertiary/aromatic N) is 1. The smallest absolute Gasteiger partial charge is 0.268 e. The molecule has 2 rings (SSSR count). The lowest BCUT2D eigenvalue weighted by molar-refractivity contribution is -0.128. The van der Waals surface area contributed by atoms with Gasteiger partial charge >= 0.3 is 0 Å². The van der Waals surface area contributed by atoms with Crippen molar-refractivity contribution >= 4 is 11.6 Å². The van der Waals surface area contributed by atoms with E-state index in [-0.39, 0.29) is 17.9 Å². The van der Waals surface area contributed by atoms with Gasteiger partial charge in [-0.25, -0.2) is 0 Å². The minimum Gasteiger partial charge on any atom is -0.478 e. The van der Waals surface area contributed by atoms with Gasteiger partial charge in [0, 0.05) is 12.6 Å². The van der Waals surface area contributed by atoms with Gasteiger partial charge < -0.3 is 15.4 Å². The first-order valence-electron chi connectivity index (χ1n) is 7.48. The highest BCUT2D eigenvalue weighted by atomic mass is 16.5. The molecule has 2 N–H and O–H groups in total. The molecular formula is C17H24N2O2. The van der Waals surface area contributed by atoms with Crippen molar-refractivity contribution in [3.05, 3.63) is 36.4 Å². The number of carbonyl (C=O) groups excluding carboxylic acids is 1. The molecule has 1 amide bonds. The van der Waals surface area contributed by atoms with Gasteiger partial charge in [0.2, 0.25) is 0 Å². The second kappa shape index (κ2) is 6.31. The molecule has 21 heavy (non-hydrogen) atoms. The molecule has 1 aliphatic rings. The summed E-state index contributed by atoms with van der Waals surface area (Å²) in [5.74, 6) is 0.845. The van der Waals surface area contributed by atoms with Crippen LogP contribution in [0.2, 0.25) is 0 Å². The molecule has 2 unspecified atom stereocenters. The molecule has 2 atom stereocenters. The van der Waals surface area contributed by atoms with Crippen LogP contribution in [0, 0.1) is 5.92 Å². The van der Waals surface area contributed by atoms with E-state index in [1.165, 1.54) is 0 Å². The van der Waals surface area contributed by atoms with E-state index in [0.29, 0.717) is 6.54 Å². The SMILES string of the molecule is C=CCN1C(=O)C(C(C)C)Oc2ccc(C(N)CC)cc21. The maximum Gasteiger partial charge on any atom is 0.268 e. The van der Waals surface area contributed by atoms with Gasteiger partial charge in [-0.3, -0.25) is 4.79 Å². The Morgan fingerprint density at radius 1 is 1.48 bits per heavy atom. The molecular weight excluding hydrogens is 264 g/mol. The van der Waals surface area contributed by atoms with E-state index in [0.717, 1.165) is 23.4 Å². The fraction of sp³-hybridized carbons (Fsp3) is 0.471. The third-order valence-corrected chi connectivity index (χ3v) is 3.82. The summed E-state index contributed by atoms with van der Waals surface area (Å²) in [6, 6.07) is 5.82. The number of benzene rings is 1. The van der Waals surface area contributed by atoms with Crippen molar-refractivity contribution in [3.63, 3.8) is 0 Å². The van der Waals surface area contributed by atoms with Crippen molar-refractivity contribution in [1.82, 2.24) is 0 Å². The highest BCUT2D eigenvalue weighted by Crippen LogP contribution is 2.37. The van der Waals surface area contributed by atoms with Crippen molar-refractivity contribution < 1.29 is 9.53 Å². The minimum absolute atomic E-state index is 0.0142. The van der Waals surface area contributed by atoms with Crippen LogP contribution in [-0.2, 0) is 4.79 Å². The van der Waals surface area contributed by atoms with Crippen LogP contribution in [0.1, 0.15) is 38.8 Å². The van der Waals surface area contributed by atoms with Gasteiger partial charge in [-0.05, 0) is 30.0 Å². The Morgan fingerprint density at radius 2 is 2.19 bits per heavy atom. The van der Waals surface area contributed by atoms with Crippen LogP contribution in [0.25, 0.3) is 0 Å². The molecule has 4 heteroatoms. The quantitative estimate of drug-likeness (QED) is 0.847. The average molecular weight is 288 g/mol. The molecule has 1 aromatic rings. The Balaban J connectivity index is 2.46. The van der Waals surface area contributed by atoms with Gasteiger partial charge in [-0.1, -0.05) is 32.9 Å². The molecule has 0 aromatic heterocycles. The first kappa shape index (κ1) is 15.6. The second-order valence-electron chi connectivity index (χ2n) is 5.76. The maximum absolute atomic E-state index is 12.6. The number of nitrogens with two attached hydrogens (primary N) is 1. The molecule has 1 heterocycles. The molecule has 0 saturated heterocycles. The number of hydrogen-bond acceptors (Lipinski definition) is 3. The van der Waals surface area contributed by atoms with E-state index in [1.54, 1.807) is 11.0 Å². The molecule has 0 aliphatic carbocycles. The van der Waals surface area contributed by atoms with Crippen molar-refractivity contribution in [2.75, 3.05) is 11.4 Å². The van der Waals surface area contributed by atoms with Crippen molar-refractivity contribution in [1.29, 1.82) is 0 Å². The van der Waals surface area contributed by atoms with E-state index in [4.69, 9.17) is 10.5 Å². The maximum atomic E-state index is 12.6. The summed E-state index contributed by atoms with van der Waals surface area (Å²) >= 11 is 0. The average Bonchev–Trinajstić information content (AvgIpc) is 2.48. The van der Waals surface area contributed by atoms with Gasteiger partial charge in [-0.2, -0.15) is 0 Å². The van der Waals surface area contributed by atoms with E-state index in [9.17, 15) is 4.79 Å². The number of anilines is 1. The highest BCUT2D eigenvalue weighted by molar-refractivity contribution is 6.00. The van der Waals surface area contributed by atoms with Crippen LogP contribution >= 0.6 is 0 Å². The summed E-state index contributed by atoms with van der Waals surface area (Å²) in [6.45, 7) is 10.2. The predicted molar refractivity (Wildman–Crippen MR) is 85.5 cm³/mol. The highest BCUT2D eigenvalue weighted by Gasteiger charge is 2.35. The summed E-state index contributed by atoms with van der Waals surface area (Å²) in [5.41, 5.74) is 7.90. The summed E-state index contributed by atoms with van der Waals surface area (Å²) in [5, 5.41) is 0. The second-order valence-corrected chi connectivity index (χ2v) is 5.76. The third kappa shape index (κ3) is 2.95. The number of carbonyl (C=O) groups is 1. The number of fused-ring (bicyclic) bond motifs is 1. The van der Waals surface area contributed by atoms with E-state index < -0.39 is 6.10 Å². The largest absolute Gasteiger partial charge is 0.478 e. The van der Waals surface area contributed by atoms with Gasteiger partial charge in [0.1, 0.15) is 5.75 Å². The molecule has 0 spiro atoms. The van der Waals surface area contributed by atoms with Crippen LogP contribution < -0.4 is 15.4 Å². The molecule has 114 valence electrons. The van der Waals surface area contributed by atoms with Crippen molar-refractivity contribution in [2.24, 2.45) is 11.7 Å². The molecule has 0 fully saturated rings. The molecule has 0 bridgehead atoms. The molecule has 1 aliphatic heterocycles. The van der Waals surface area contributed by atoms with E-state index >= 15 is 0 Å². The van der Waals surface area contributed by atoms with E-state index in [1.807, 2.05) is 39.0 Å². The number of hydrogen-bond donors (Lipinski definition) is 1. The predicted octanol–water partition coefficient (Wildman–Crippen LogP) is 3.03. The van der Waals surface area contributed by atoms with Crippen LogP contribution in [0.3, 0.4) is 0 Å². The summed E-state index contributed by atoms with van der Waals surface area (Å²) in [6.07, 6.45) is 2.14. The Bertz CT molecular complexity index is 540. The lowest BCUT2D eigenvalue weighted by Gasteiger charge is -2.36. The minimum atomic E-state index is -0.442. The third-order valence-electron chi connectivity index (χ3n) is 3.82. The number of rotatable bonds is 5. The standard InChI is InChI=1S/C17H24N2O2/c1-5-9-19-14-10-12(13(18)6-2)7-8-15(14)21-16(11(3)4)17(19)20/h5,7-8,10-11,13,16H,1,6,9,18H2,2-4H3. The van der Waals surface area contributed by atoms with Crippen LogP contribution in [-0.4, -0.2) is 18.6 Å². The van der Waals surface area contributed by atoms with Crippen molar-refractivity contribution in [3.8, 4) is 5.75 Å². The van der Waals surface area contributed by atoms with Crippen LogP contribution in [0.5, 0.6) is 5.75 Å². The fourth-order valence-corrected chi connectivity index (χ4v) is 2.51. The number of ether oxygens (including phenoxy) is 1. The normalized spacial score (nSPS) is 19.2. The zero-order valence-corrected chi connectivity index (χ0v) is 13.0. The lowest BCUT2D eigenvalue weighted by Crippen LogP contribution is -2.48. The van der Waals surface area contributed by atoms with E-state index in [2.05, 4.69) is 6.58 Å². The van der Waals surface area contributed by atoms with Crippen LogP contribution in [0.4, 0.5) is 5.69 Å². The Morgan fingerprint density at radius 3 is 2.76 bits per heavy atom. The van der Waals surface area contributed by atoms with Crippen LogP contribution in [0.15, 0.2) is 30.9 Å². The van der Waals surface area contributed by atoms with Gasteiger partial charge in [0.25, 0.3) is 5.91 Å². The summed E-state index contributed by atoms with van der Waals surface area (Å²) in [4.78, 5) is 14.3. The Hall–Kier alpha value is -1.81. The Kier molecular flexibility index (Phi) is 4.68. The van der Waals surface area contributed by atoms with Gasteiger partial charge in [0.05, 0.1) is 5.69 Å². The summed E-state index contributed by atoms with van der Waals surface area (Å²) < 4.78 is 5.88. The zero-order valence-electron chi connectivity index (χ0n) is 13.0. The zero-order chi connectivity index (χ0) is 15.6. The molecule has 1 aromatic carbocycles. The Labute approximate surface area is 126 Å². The first-order chi connectivity index (χ1) is 9.99. The van der Waals surface area contributed by atoms with Gasteiger partial charge in [0.15, 0.2) is 6.10 Å². The fourth-order valence-electron chi connectivity index (χ4n) is 2.51. The lowest BCUT2D eigenvalue weighted by atomic mass is 10.00. The molecule has 0 radical (unpaired) electrons. The first-order valence-corrected chi connectivity index (χ1v) is 7.48.